The van der Waals surface area contributed by atoms with Crippen LogP contribution in [0.2, 0.25) is 0 Å². The second kappa shape index (κ2) is 12.7. The summed E-state index contributed by atoms with van der Waals surface area (Å²) in [6.07, 6.45) is 3.82. The van der Waals surface area contributed by atoms with E-state index < -0.39 is 15.2 Å². The van der Waals surface area contributed by atoms with Crippen LogP contribution in [0.15, 0.2) is 170 Å². The van der Waals surface area contributed by atoms with Crippen LogP contribution in [0.5, 0.6) is 0 Å². The van der Waals surface area contributed by atoms with E-state index in [2.05, 4.69) is 176 Å². The SMILES string of the molecule is CN1c2ccccc2P(c2ccccc2)c2cc3ncccc3cc2N(C)c2cc3cccnc3cc2[PH](C)(c2ccccc2)c2ccccc21. The van der Waals surface area contributed by atoms with Crippen LogP contribution in [-0.2, 0) is 0 Å². The summed E-state index contributed by atoms with van der Waals surface area (Å²) in [4.78, 5) is 14.7. The Morgan fingerprint density at radius 1 is 0.471 bits per heavy atom. The molecule has 0 radical (unpaired) electrons. The molecule has 51 heavy (non-hydrogen) atoms. The molecule has 6 heteroatoms. The van der Waals surface area contributed by atoms with Crippen molar-refractivity contribution in [1.29, 1.82) is 0 Å². The Morgan fingerprint density at radius 3 is 1.76 bits per heavy atom. The zero-order valence-corrected chi connectivity index (χ0v) is 30.8. The van der Waals surface area contributed by atoms with Gasteiger partial charge < -0.3 is 0 Å². The molecule has 8 aromatic rings. The zero-order chi connectivity index (χ0) is 34.5. The fourth-order valence-electron chi connectivity index (χ4n) is 7.93. The Kier molecular flexibility index (Phi) is 7.88. The Balaban J connectivity index is 1.48. The molecule has 4 nitrogen and oxygen atoms in total. The number of fused-ring (bicyclic) bond motifs is 6. The summed E-state index contributed by atoms with van der Waals surface area (Å²) in [5.41, 5.74) is 6.83. The van der Waals surface area contributed by atoms with Gasteiger partial charge in [-0.1, -0.05) is 0 Å². The second-order valence-corrected chi connectivity index (χ2v) is 19.4. The first kappa shape index (κ1) is 31.6. The quantitative estimate of drug-likeness (QED) is 0.171. The van der Waals surface area contributed by atoms with Crippen molar-refractivity contribution in [3.05, 3.63) is 170 Å². The molecule has 1 aliphatic heterocycles. The average molecular weight is 697 g/mol. The third-order valence-electron chi connectivity index (χ3n) is 10.6. The van der Waals surface area contributed by atoms with Gasteiger partial charge in [-0.25, -0.2) is 0 Å². The van der Waals surface area contributed by atoms with E-state index in [4.69, 9.17) is 9.97 Å². The van der Waals surface area contributed by atoms with E-state index >= 15 is 0 Å². The molecule has 0 N–H and O–H groups in total. The maximum absolute atomic E-state index is 4.93. The van der Waals surface area contributed by atoms with E-state index in [1.54, 1.807) is 0 Å². The number of hydrogen-bond donors (Lipinski definition) is 0. The van der Waals surface area contributed by atoms with E-state index in [0.717, 1.165) is 21.8 Å². The second-order valence-electron chi connectivity index (χ2n) is 13.4. The Morgan fingerprint density at radius 2 is 1.04 bits per heavy atom. The predicted octanol–water partition coefficient (Wildman–Crippen LogP) is 8.05. The van der Waals surface area contributed by atoms with Crippen LogP contribution in [0.3, 0.4) is 0 Å². The molecular formula is C45H38N4P2. The normalized spacial score (nSPS) is 15.9. The number of rotatable bonds is 2. The molecule has 0 bridgehead atoms. The Labute approximate surface area is 301 Å². The molecule has 1 atom stereocenters. The van der Waals surface area contributed by atoms with Crippen LogP contribution in [0.4, 0.5) is 22.7 Å². The van der Waals surface area contributed by atoms with Crippen molar-refractivity contribution in [2.75, 3.05) is 30.6 Å². The number of nitrogens with zero attached hydrogens (tertiary/aromatic N) is 4. The molecule has 0 spiro atoms. The van der Waals surface area contributed by atoms with Crippen LogP contribution in [-0.4, -0.2) is 30.7 Å². The zero-order valence-electron chi connectivity index (χ0n) is 28.9. The van der Waals surface area contributed by atoms with Gasteiger partial charge >= 0.3 is 302 Å². The molecule has 3 heterocycles. The van der Waals surface area contributed by atoms with Gasteiger partial charge in [-0.2, -0.15) is 0 Å². The molecule has 6 aromatic carbocycles. The Hall–Kier alpha value is -5.40. The van der Waals surface area contributed by atoms with E-state index in [1.807, 2.05) is 24.5 Å². The van der Waals surface area contributed by atoms with Crippen LogP contribution in [0.25, 0.3) is 21.8 Å². The minimum atomic E-state index is -2.74. The van der Waals surface area contributed by atoms with Crippen molar-refractivity contribution in [2.45, 2.75) is 0 Å². The maximum atomic E-state index is 4.93. The molecular weight excluding hydrogens is 658 g/mol. The van der Waals surface area contributed by atoms with Gasteiger partial charge in [0.25, 0.3) is 0 Å². The molecule has 0 fully saturated rings. The van der Waals surface area contributed by atoms with Crippen LogP contribution >= 0.6 is 15.2 Å². The summed E-state index contributed by atoms with van der Waals surface area (Å²) >= 11 is 0. The number of anilines is 4. The first-order valence-electron chi connectivity index (χ1n) is 17.4. The van der Waals surface area contributed by atoms with E-state index in [0.29, 0.717) is 0 Å². The summed E-state index contributed by atoms with van der Waals surface area (Å²) in [6, 6.07) is 58.2. The van der Waals surface area contributed by atoms with E-state index in [-0.39, 0.29) is 0 Å². The Bertz CT molecular complexity index is 2560. The first-order chi connectivity index (χ1) is 25.0. The van der Waals surface area contributed by atoms with Crippen LogP contribution in [0.1, 0.15) is 0 Å². The van der Waals surface area contributed by atoms with Crippen molar-refractivity contribution in [2.24, 2.45) is 0 Å². The molecule has 0 aliphatic carbocycles. The van der Waals surface area contributed by atoms with Gasteiger partial charge in [0.05, 0.1) is 0 Å². The van der Waals surface area contributed by atoms with Crippen molar-refractivity contribution >= 4 is 91.6 Å². The van der Waals surface area contributed by atoms with Gasteiger partial charge in [0.2, 0.25) is 0 Å². The number of benzene rings is 6. The van der Waals surface area contributed by atoms with Gasteiger partial charge in [0.15, 0.2) is 0 Å². The fraction of sp³-hybridized carbons (Fsp3) is 0.0667. The number of para-hydroxylation sites is 2. The molecule has 1 unspecified atom stereocenters. The number of pyridine rings is 2. The third-order valence-corrected chi connectivity index (χ3v) is 17.6. The molecule has 0 saturated heterocycles. The molecule has 2 aromatic heterocycles. The van der Waals surface area contributed by atoms with Crippen molar-refractivity contribution in [3.63, 3.8) is 0 Å². The minimum absolute atomic E-state index is 1.00. The first-order valence-corrected chi connectivity index (χ1v) is 21.2. The van der Waals surface area contributed by atoms with Crippen LogP contribution in [0, 0.1) is 0 Å². The van der Waals surface area contributed by atoms with E-state index in [1.165, 1.54) is 54.6 Å². The van der Waals surface area contributed by atoms with Gasteiger partial charge in [-0.15, -0.1) is 0 Å². The van der Waals surface area contributed by atoms with Gasteiger partial charge in [-0.3, -0.25) is 0 Å². The van der Waals surface area contributed by atoms with Crippen molar-refractivity contribution in [1.82, 2.24) is 9.97 Å². The summed E-state index contributed by atoms with van der Waals surface area (Å²) in [5.74, 6) is 0. The standard InChI is InChI=1S/C45H38N4P2/c1-48-38-22-10-12-24-42(38)50(34-18-6-4-7-19-34)43-30-36-32(16-14-26-46-36)28-40(43)49(2)41-29-33-17-15-27-47-37(33)31-45(41)51(3,35-20-8-5-9-21-35)44-25-13-11-23-39(44)48/h4-31,51H,1-3H3. The van der Waals surface area contributed by atoms with Crippen molar-refractivity contribution < 1.29 is 0 Å². The van der Waals surface area contributed by atoms with Crippen molar-refractivity contribution in [3.8, 4) is 0 Å². The fourth-order valence-corrected chi connectivity index (χ4v) is 14.7. The average Bonchev–Trinajstić information content (AvgIpc) is 3.20. The summed E-state index contributed by atoms with van der Waals surface area (Å²) < 4.78 is 0. The predicted molar refractivity (Wildman–Crippen MR) is 224 cm³/mol. The van der Waals surface area contributed by atoms with Gasteiger partial charge in [0.1, 0.15) is 0 Å². The number of aromatic nitrogens is 2. The molecule has 1 aliphatic rings. The summed E-state index contributed by atoms with van der Waals surface area (Å²) in [6.45, 7) is 2.52. The van der Waals surface area contributed by atoms with Gasteiger partial charge in [0, 0.05) is 0 Å². The molecule has 9 rings (SSSR count). The summed E-state index contributed by atoms with van der Waals surface area (Å²) in [7, 11) is 0.748. The monoisotopic (exact) mass is 696 g/mol. The van der Waals surface area contributed by atoms with E-state index in [9.17, 15) is 0 Å². The summed E-state index contributed by atoms with van der Waals surface area (Å²) in [5, 5.41) is 10.2. The van der Waals surface area contributed by atoms with Crippen LogP contribution < -0.4 is 41.6 Å². The molecule has 248 valence electrons. The topological polar surface area (TPSA) is 32.3 Å². The number of hydrogen-bond acceptors (Lipinski definition) is 4. The molecule has 0 saturated carbocycles. The third kappa shape index (κ3) is 5.21. The van der Waals surface area contributed by atoms with Gasteiger partial charge in [-0.05, 0) is 0 Å². The molecule has 0 amide bonds.